The molecule has 0 spiro atoms. The number of carbonyl (C=O) groups is 2. The summed E-state index contributed by atoms with van der Waals surface area (Å²) in [6.45, 7) is 0.661. The molecule has 1 aliphatic heterocycles. The maximum Gasteiger partial charge on any atom is 0.241 e. The Kier molecular flexibility index (Phi) is 3.47. The van der Waals surface area contributed by atoms with E-state index in [0.717, 1.165) is 17.7 Å². The van der Waals surface area contributed by atoms with E-state index < -0.39 is 17.9 Å². The van der Waals surface area contributed by atoms with E-state index in [1.807, 2.05) is 6.07 Å². The van der Waals surface area contributed by atoms with Crippen molar-refractivity contribution >= 4 is 17.5 Å². The molecular weight excluding hydrogens is 234 g/mol. The van der Waals surface area contributed by atoms with Crippen LogP contribution in [-0.4, -0.2) is 24.5 Å². The molecule has 0 saturated carbocycles. The molecule has 0 bridgehead atoms. The molecule has 6 heteroatoms. The smallest absolute Gasteiger partial charge is 0.241 e. The standard InChI is InChI=1S/C12H15N3O3/c13-9(6-11(14)16)12(17)15-8-1-2-10-7(5-8)3-4-18-10/h1-2,5,9H,3-4,6,13H2,(H2,14,16)(H,15,17). The zero-order chi connectivity index (χ0) is 13.1. The summed E-state index contributed by atoms with van der Waals surface area (Å²) in [5.41, 5.74) is 12.2. The molecule has 0 saturated heterocycles. The lowest BCUT2D eigenvalue weighted by Crippen LogP contribution is -2.38. The number of hydrogen-bond acceptors (Lipinski definition) is 4. The zero-order valence-electron chi connectivity index (χ0n) is 9.81. The predicted molar refractivity (Wildman–Crippen MR) is 66.1 cm³/mol. The Morgan fingerprint density at radius 2 is 2.22 bits per heavy atom. The molecule has 6 nitrogen and oxygen atoms in total. The molecule has 1 heterocycles. The van der Waals surface area contributed by atoms with Crippen LogP contribution in [0.4, 0.5) is 5.69 Å². The number of anilines is 1. The SMILES string of the molecule is NC(=O)CC(N)C(=O)Nc1ccc2c(c1)CCO2. The van der Waals surface area contributed by atoms with Gasteiger partial charge in [-0.05, 0) is 23.8 Å². The van der Waals surface area contributed by atoms with Crippen LogP contribution in [0.5, 0.6) is 5.75 Å². The Hall–Kier alpha value is -2.08. The van der Waals surface area contributed by atoms with Crippen LogP contribution in [0.1, 0.15) is 12.0 Å². The van der Waals surface area contributed by atoms with Crippen LogP contribution in [0.25, 0.3) is 0 Å². The normalized spacial score (nSPS) is 14.5. The number of nitrogens with one attached hydrogen (secondary N) is 1. The summed E-state index contributed by atoms with van der Waals surface area (Å²) < 4.78 is 5.36. The first-order valence-electron chi connectivity index (χ1n) is 5.67. The second kappa shape index (κ2) is 5.05. The highest BCUT2D eigenvalue weighted by molar-refractivity contribution is 5.97. The van der Waals surface area contributed by atoms with Gasteiger partial charge in [0.25, 0.3) is 0 Å². The first-order valence-corrected chi connectivity index (χ1v) is 5.67. The van der Waals surface area contributed by atoms with Crippen molar-refractivity contribution in [2.45, 2.75) is 18.9 Å². The number of benzene rings is 1. The van der Waals surface area contributed by atoms with Gasteiger partial charge in [0.2, 0.25) is 11.8 Å². The van der Waals surface area contributed by atoms with Crippen molar-refractivity contribution < 1.29 is 14.3 Å². The minimum Gasteiger partial charge on any atom is -0.493 e. The molecule has 0 fully saturated rings. The molecule has 5 N–H and O–H groups in total. The maximum atomic E-state index is 11.7. The quantitative estimate of drug-likeness (QED) is 0.684. The Morgan fingerprint density at radius 3 is 2.94 bits per heavy atom. The molecule has 0 aromatic heterocycles. The van der Waals surface area contributed by atoms with Crippen LogP contribution >= 0.6 is 0 Å². The largest absolute Gasteiger partial charge is 0.493 e. The average molecular weight is 249 g/mol. The second-order valence-electron chi connectivity index (χ2n) is 4.19. The predicted octanol–water partition coefficient (Wildman–Crippen LogP) is -0.237. The highest BCUT2D eigenvalue weighted by Crippen LogP contribution is 2.27. The minimum absolute atomic E-state index is 0.167. The van der Waals surface area contributed by atoms with Gasteiger partial charge in [-0.2, -0.15) is 0 Å². The molecule has 18 heavy (non-hydrogen) atoms. The van der Waals surface area contributed by atoms with Crippen molar-refractivity contribution in [3.8, 4) is 5.75 Å². The van der Waals surface area contributed by atoms with E-state index >= 15 is 0 Å². The lowest BCUT2D eigenvalue weighted by molar-refractivity contribution is -0.123. The number of rotatable bonds is 4. The number of nitrogens with two attached hydrogens (primary N) is 2. The van der Waals surface area contributed by atoms with Crippen LogP contribution in [0.2, 0.25) is 0 Å². The lowest BCUT2D eigenvalue weighted by Gasteiger charge is -2.11. The van der Waals surface area contributed by atoms with E-state index in [4.69, 9.17) is 16.2 Å². The maximum absolute atomic E-state index is 11.7. The summed E-state index contributed by atoms with van der Waals surface area (Å²) in [5, 5.41) is 2.65. The Labute approximate surface area is 104 Å². The Balaban J connectivity index is 2.01. The Morgan fingerprint density at radius 1 is 1.44 bits per heavy atom. The summed E-state index contributed by atoms with van der Waals surface area (Å²) in [6.07, 6.45) is 0.659. The van der Waals surface area contributed by atoms with Crippen molar-refractivity contribution in [2.24, 2.45) is 11.5 Å². The summed E-state index contributed by atoms with van der Waals surface area (Å²) in [4.78, 5) is 22.3. The Bertz CT molecular complexity index is 487. The fourth-order valence-electron chi connectivity index (χ4n) is 1.81. The summed E-state index contributed by atoms with van der Waals surface area (Å²) in [6, 6.07) is 4.46. The van der Waals surface area contributed by atoms with Crippen LogP contribution in [-0.2, 0) is 16.0 Å². The first kappa shape index (κ1) is 12.4. The van der Waals surface area contributed by atoms with Gasteiger partial charge >= 0.3 is 0 Å². The van der Waals surface area contributed by atoms with Gasteiger partial charge in [0, 0.05) is 12.1 Å². The van der Waals surface area contributed by atoms with Gasteiger partial charge in [0.1, 0.15) is 5.75 Å². The summed E-state index contributed by atoms with van der Waals surface area (Å²) in [5.74, 6) is -0.179. The van der Waals surface area contributed by atoms with E-state index in [1.54, 1.807) is 12.1 Å². The third-order valence-corrected chi connectivity index (χ3v) is 2.71. The number of hydrogen-bond donors (Lipinski definition) is 3. The van der Waals surface area contributed by atoms with Crippen molar-refractivity contribution in [2.75, 3.05) is 11.9 Å². The molecule has 1 aliphatic rings. The van der Waals surface area contributed by atoms with E-state index in [9.17, 15) is 9.59 Å². The molecule has 1 atom stereocenters. The number of fused-ring (bicyclic) bond motifs is 1. The van der Waals surface area contributed by atoms with Crippen molar-refractivity contribution in [3.63, 3.8) is 0 Å². The van der Waals surface area contributed by atoms with Gasteiger partial charge in [0.15, 0.2) is 0 Å². The highest BCUT2D eigenvalue weighted by Gasteiger charge is 2.17. The molecule has 1 unspecified atom stereocenters. The van der Waals surface area contributed by atoms with E-state index in [1.165, 1.54) is 0 Å². The molecule has 0 aliphatic carbocycles. The molecule has 96 valence electrons. The van der Waals surface area contributed by atoms with Crippen LogP contribution in [0, 0.1) is 0 Å². The molecule has 2 rings (SSSR count). The third-order valence-electron chi connectivity index (χ3n) is 2.71. The van der Waals surface area contributed by atoms with Gasteiger partial charge in [-0.3, -0.25) is 9.59 Å². The minimum atomic E-state index is -0.924. The number of ether oxygens (including phenoxy) is 1. The lowest BCUT2D eigenvalue weighted by atomic mass is 10.1. The number of primary amides is 1. The molecule has 0 radical (unpaired) electrons. The number of carbonyl (C=O) groups excluding carboxylic acids is 2. The van der Waals surface area contributed by atoms with Crippen molar-refractivity contribution in [3.05, 3.63) is 23.8 Å². The van der Waals surface area contributed by atoms with Crippen LogP contribution in [0.15, 0.2) is 18.2 Å². The molecule has 2 amide bonds. The van der Waals surface area contributed by atoms with Gasteiger partial charge in [-0.25, -0.2) is 0 Å². The van der Waals surface area contributed by atoms with Crippen molar-refractivity contribution in [1.82, 2.24) is 0 Å². The second-order valence-corrected chi connectivity index (χ2v) is 4.19. The van der Waals surface area contributed by atoms with Gasteiger partial charge < -0.3 is 21.5 Å². The van der Waals surface area contributed by atoms with Crippen LogP contribution < -0.4 is 21.5 Å². The monoisotopic (exact) mass is 249 g/mol. The fourth-order valence-corrected chi connectivity index (χ4v) is 1.81. The van der Waals surface area contributed by atoms with Gasteiger partial charge in [-0.1, -0.05) is 0 Å². The van der Waals surface area contributed by atoms with E-state index in [0.29, 0.717) is 12.3 Å². The molecular formula is C12H15N3O3. The van der Waals surface area contributed by atoms with Gasteiger partial charge in [-0.15, -0.1) is 0 Å². The molecule has 1 aromatic carbocycles. The zero-order valence-corrected chi connectivity index (χ0v) is 9.81. The van der Waals surface area contributed by atoms with Crippen LogP contribution in [0.3, 0.4) is 0 Å². The topological polar surface area (TPSA) is 107 Å². The highest BCUT2D eigenvalue weighted by atomic mass is 16.5. The fraction of sp³-hybridized carbons (Fsp3) is 0.333. The van der Waals surface area contributed by atoms with E-state index in [2.05, 4.69) is 5.32 Å². The molecule has 1 aromatic rings. The first-order chi connectivity index (χ1) is 8.56. The third kappa shape index (κ3) is 2.78. The average Bonchev–Trinajstić information content (AvgIpc) is 2.75. The van der Waals surface area contributed by atoms with Crippen molar-refractivity contribution in [1.29, 1.82) is 0 Å². The summed E-state index contributed by atoms with van der Waals surface area (Å²) >= 11 is 0. The summed E-state index contributed by atoms with van der Waals surface area (Å²) in [7, 11) is 0. The number of amides is 2. The van der Waals surface area contributed by atoms with Gasteiger partial charge in [0.05, 0.1) is 19.1 Å². The van der Waals surface area contributed by atoms with E-state index in [-0.39, 0.29) is 6.42 Å².